The monoisotopic (exact) mass is 252 g/mol. The number of rotatable bonds is 1. The summed E-state index contributed by atoms with van der Waals surface area (Å²) in [5.41, 5.74) is 0. The Balaban J connectivity index is 1.62. The molecule has 2 amide bonds. The van der Waals surface area contributed by atoms with Crippen LogP contribution in [0.2, 0.25) is 0 Å². The van der Waals surface area contributed by atoms with Gasteiger partial charge in [-0.3, -0.25) is 9.59 Å². The zero-order valence-corrected chi connectivity index (χ0v) is 10.1. The summed E-state index contributed by atoms with van der Waals surface area (Å²) in [6.07, 6.45) is 1.79. The highest BCUT2D eigenvalue weighted by atomic mass is 16.5. The highest BCUT2D eigenvalue weighted by Gasteiger charge is 2.63. The maximum absolute atomic E-state index is 12.4. The fourth-order valence-electron chi connectivity index (χ4n) is 3.73. The summed E-state index contributed by atoms with van der Waals surface area (Å²) in [6, 6.07) is 0. The Kier molecular flexibility index (Phi) is 2.27. The summed E-state index contributed by atoms with van der Waals surface area (Å²) in [7, 11) is 0. The first kappa shape index (κ1) is 10.9. The number of nitrogens with zero attached hydrogens (tertiary/aromatic N) is 2. The lowest BCUT2D eigenvalue weighted by molar-refractivity contribution is -0.168. The summed E-state index contributed by atoms with van der Waals surface area (Å²) in [5.74, 6) is -0.559. The van der Waals surface area contributed by atoms with Gasteiger partial charge in [0.15, 0.2) is 0 Å². The second-order valence-corrected chi connectivity index (χ2v) is 5.40. The molecule has 4 atom stereocenters. The minimum atomic E-state index is -0.223. The lowest BCUT2D eigenvalue weighted by Crippen LogP contribution is -2.52. The average molecular weight is 252 g/mol. The standard InChI is InChI=1S/C12H16N2O4/c15-11-9-7-1-2-8(18-7)10(9)12(16)14(11)13-3-5-17-6-4-13/h7-10H,1-6H2/t7-,8+,9?,10?. The van der Waals surface area contributed by atoms with Crippen LogP contribution in [0.3, 0.4) is 0 Å². The van der Waals surface area contributed by atoms with E-state index >= 15 is 0 Å². The highest BCUT2D eigenvalue weighted by molar-refractivity contribution is 6.05. The third kappa shape index (κ3) is 1.28. The van der Waals surface area contributed by atoms with Crippen LogP contribution in [0.15, 0.2) is 0 Å². The molecule has 0 saturated carbocycles. The Morgan fingerprint density at radius 3 is 2.06 bits per heavy atom. The normalized spacial score (nSPS) is 43.9. The first-order valence-electron chi connectivity index (χ1n) is 6.63. The van der Waals surface area contributed by atoms with Gasteiger partial charge in [-0.25, -0.2) is 10.0 Å². The molecule has 0 aliphatic carbocycles. The Morgan fingerprint density at radius 1 is 0.944 bits per heavy atom. The molecule has 4 aliphatic heterocycles. The summed E-state index contributed by atoms with van der Waals surface area (Å²) in [4.78, 5) is 24.9. The van der Waals surface area contributed by atoms with Crippen LogP contribution in [0.4, 0.5) is 0 Å². The van der Waals surface area contributed by atoms with Crippen molar-refractivity contribution in [3.63, 3.8) is 0 Å². The van der Waals surface area contributed by atoms with Crippen LogP contribution < -0.4 is 0 Å². The number of hydrazine groups is 1. The van der Waals surface area contributed by atoms with Gasteiger partial charge in [0.05, 0.1) is 37.3 Å². The first-order chi connectivity index (χ1) is 8.77. The van der Waals surface area contributed by atoms with Crippen LogP contribution >= 0.6 is 0 Å². The molecule has 0 N–H and O–H groups in total. The molecule has 4 saturated heterocycles. The molecular weight excluding hydrogens is 236 g/mol. The Morgan fingerprint density at radius 2 is 1.50 bits per heavy atom. The highest BCUT2D eigenvalue weighted by Crippen LogP contribution is 2.48. The van der Waals surface area contributed by atoms with Gasteiger partial charge < -0.3 is 9.47 Å². The molecule has 0 aromatic rings. The predicted octanol–water partition coefficient (Wildman–Crippen LogP) is -0.604. The van der Waals surface area contributed by atoms with E-state index in [1.165, 1.54) is 5.01 Å². The number of hydrogen-bond donors (Lipinski definition) is 0. The molecule has 0 aromatic heterocycles. The van der Waals surface area contributed by atoms with E-state index in [1.54, 1.807) is 0 Å². The molecule has 6 heteroatoms. The number of hydrogen-bond acceptors (Lipinski definition) is 5. The van der Waals surface area contributed by atoms with Gasteiger partial charge in [-0.15, -0.1) is 0 Å². The molecule has 0 radical (unpaired) electrons. The van der Waals surface area contributed by atoms with Crippen molar-refractivity contribution in [2.75, 3.05) is 26.3 Å². The number of fused-ring (bicyclic) bond motifs is 5. The number of carbonyl (C=O) groups is 2. The van der Waals surface area contributed by atoms with Crippen LogP contribution in [-0.2, 0) is 19.1 Å². The molecule has 0 aromatic carbocycles. The molecule has 2 unspecified atom stereocenters. The molecule has 0 spiro atoms. The van der Waals surface area contributed by atoms with Gasteiger partial charge in [-0.1, -0.05) is 0 Å². The summed E-state index contributed by atoms with van der Waals surface area (Å²) in [5, 5.41) is 3.22. The second-order valence-electron chi connectivity index (χ2n) is 5.40. The SMILES string of the molecule is O=C1C2C(C(=O)N1N1CCOCC1)[C@H]1CC[C@@H]2O1. The first-order valence-corrected chi connectivity index (χ1v) is 6.63. The van der Waals surface area contributed by atoms with Crippen LogP contribution in [0.25, 0.3) is 0 Å². The maximum Gasteiger partial charge on any atom is 0.250 e. The molecule has 98 valence electrons. The Bertz CT molecular complexity index is 379. The van der Waals surface area contributed by atoms with Gasteiger partial charge in [0.1, 0.15) is 0 Å². The second kappa shape index (κ2) is 3.76. The maximum atomic E-state index is 12.4. The topological polar surface area (TPSA) is 59.1 Å². The Hall–Kier alpha value is -0.980. The van der Waals surface area contributed by atoms with Gasteiger partial charge in [-0.2, -0.15) is 0 Å². The quantitative estimate of drug-likeness (QED) is 0.583. The van der Waals surface area contributed by atoms with Crippen molar-refractivity contribution < 1.29 is 19.1 Å². The minimum absolute atomic E-state index is 0.0255. The number of carbonyl (C=O) groups excluding carboxylic acids is 2. The zero-order chi connectivity index (χ0) is 12.3. The largest absolute Gasteiger partial charge is 0.379 e. The third-order valence-corrected chi connectivity index (χ3v) is 4.53. The fourth-order valence-corrected chi connectivity index (χ4v) is 3.73. The lowest BCUT2D eigenvalue weighted by atomic mass is 9.81. The van der Waals surface area contributed by atoms with Crippen LogP contribution in [0, 0.1) is 11.8 Å². The van der Waals surface area contributed by atoms with Gasteiger partial charge in [0.2, 0.25) is 0 Å². The lowest BCUT2D eigenvalue weighted by Gasteiger charge is -2.33. The molecule has 4 rings (SSSR count). The van der Waals surface area contributed by atoms with E-state index in [0.717, 1.165) is 12.8 Å². The molecule has 4 fully saturated rings. The van der Waals surface area contributed by atoms with E-state index in [9.17, 15) is 9.59 Å². The Labute approximate surface area is 105 Å². The third-order valence-electron chi connectivity index (χ3n) is 4.53. The zero-order valence-electron chi connectivity index (χ0n) is 10.1. The summed E-state index contributed by atoms with van der Waals surface area (Å²) >= 11 is 0. The number of amides is 2. The van der Waals surface area contributed by atoms with Crippen molar-refractivity contribution in [1.82, 2.24) is 10.0 Å². The van der Waals surface area contributed by atoms with Crippen molar-refractivity contribution in [2.24, 2.45) is 11.8 Å². The number of ether oxygens (including phenoxy) is 2. The van der Waals surface area contributed by atoms with Crippen molar-refractivity contribution in [3.8, 4) is 0 Å². The van der Waals surface area contributed by atoms with E-state index in [1.807, 2.05) is 5.01 Å². The van der Waals surface area contributed by atoms with Crippen molar-refractivity contribution in [3.05, 3.63) is 0 Å². The van der Waals surface area contributed by atoms with Crippen LogP contribution in [-0.4, -0.2) is 60.3 Å². The van der Waals surface area contributed by atoms with Crippen molar-refractivity contribution >= 4 is 11.8 Å². The molecule has 2 bridgehead atoms. The fraction of sp³-hybridized carbons (Fsp3) is 0.833. The van der Waals surface area contributed by atoms with Crippen LogP contribution in [0.5, 0.6) is 0 Å². The van der Waals surface area contributed by atoms with E-state index in [-0.39, 0.29) is 35.9 Å². The van der Waals surface area contributed by atoms with Crippen LogP contribution in [0.1, 0.15) is 12.8 Å². The van der Waals surface area contributed by atoms with Gasteiger partial charge in [-0.05, 0) is 12.8 Å². The molecule has 6 nitrogen and oxygen atoms in total. The van der Waals surface area contributed by atoms with E-state index < -0.39 is 0 Å². The number of morpholine rings is 1. The smallest absolute Gasteiger partial charge is 0.250 e. The predicted molar refractivity (Wildman–Crippen MR) is 59.1 cm³/mol. The molecule has 4 aliphatic rings. The van der Waals surface area contributed by atoms with E-state index in [4.69, 9.17) is 9.47 Å². The number of imide groups is 1. The summed E-state index contributed by atoms with van der Waals surface area (Å²) < 4.78 is 11.0. The molecular formula is C12H16N2O4. The van der Waals surface area contributed by atoms with Gasteiger partial charge in [0.25, 0.3) is 11.8 Å². The minimum Gasteiger partial charge on any atom is -0.379 e. The van der Waals surface area contributed by atoms with E-state index in [2.05, 4.69) is 0 Å². The van der Waals surface area contributed by atoms with Crippen molar-refractivity contribution in [2.45, 2.75) is 25.0 Å². The van der Waals surface area contributed by atoms with Gasteiger partial charge in [0, 0.05) is 13.1 Å². The molecule has 4 heterocycles. The van der Waals surface area contributed by atoms with Crippen molar-refractivity contribution in [1.29, 1.82) is 0 Å². The molecule has 18 heavy (non-hydrogen) atoms. The van der Waals surface area contributed by atoms with Gasteiger partial charge >= 0.3 is 0 Å². The average Bonchev–Trinajstić information content (AvgIpc) is 3.05. The summed E-state index contributed by atoms with van der Waals surface area (Å²) in [6.45, 7) is 2.39. The van der Waals surface area contributed by atoms with E-state index in [0.29, 0.717) is 26.3 Å².